The maximum Gasteiger partial charge on any atom is 0.312 e. The number of furan rings is 1. The van der Waals surface area contributed by atoms with Crippen molar-refractivity contribution in [1.82, 2.24) is 5.16 Å². The Morgan fingerprint density at radius 2 is 2.08 bits per heavy atom. The summed E-state index contributed by atoms with van der Waals surface area (Å²) in [5.41, 5.74) is 0.199. The Hall–Kier alpha value is -1.75. The van der Waals surface area contributed by atoms with Gasteiger partial charge in [0.25, 0.3) is 0 Å². The normalized spacial score (nSPS) is 35.9. The number of alkyl halides is 1. The SMILES string of the molecule is O=C(OCc1cc(-c2ccco2)on1)C12CC3CC(CC(Cl)(C3)C1)C2. The molecule has 0 spiro atoms. The van der Waals surface area contributed by atoms with Crippen molar-refractivity contribution in [1.29, 1.82) is 0 Å². The first-order valence-corrected chi connectivity index (χ1v) is 9.27. The van der Waals surface area contributed by atoms with Crippen LogP contribution in [0.4, 0.5) is 0 Å². The van der Waals surface area contributed by atoms with E-state index in [2.05, 4.69) is 5.16 Å². The van der Waals surface area contributed by atoms with Crippen LogP contribution in [0.1, 0.15) is 44.2 Å². The molecule has 0 radical (unpaired) electrons. The number of rotatable bonds is 4. The highest BCUT2D eigenvalue weighted by Gasteiger charge is 2.60. The highest BCUT2D eigenvalue weighted by Crippen LogP contribution is 2.64. The minimum atomic E-state index is -0.389. The number of carbonyl (C=O) groups is 1. The zero-order chi connectivity index (χ0) is 17.1. The minimum absolute atomic E-state index is 0.117. The zero-order valence-electron chi connectivity index (χ0n) is 13.9. The molecule has 0 saturated heterocycles. The topological polar surface area (TPSA) is 65.5 Å². The summed E-state index contributed by atoms with van der Waals surface area (Å²) >= 11 is 6.80. The summed E-state index contributed by atoms with van der Waals surface area (Å²) in [6.45, 7) is 0.120. The summed E-state index contributed by atoms with van der Waals surface area (Å²) < 4.78 is 16.2. The second-order valence-corrected chi connectivity index (χ2v) is 8.93. The molecule has 4 fully saturated rings. The van der Waals surface area contributed by atoms with Crippen LogP contribution in [0.15, 0.2) is 33.4 Å². The summed E-state index contributed by atoms with van der Waals surface area (Å²) in [6.07, 6.45) is 7.50. The van der Waals surface area contributed by atoms with E-state index in [1.165, 1.54) is 6.42 Å². The van der Waals surface area contributed by atoms with Crippen LogP contribution in [-0.4, -0.2) is 16.0 Å². The van der Waals surface area contributed by atoms with Gasteiger partial charge in [-0.15, -0.1) is 11.6 Å². The van der Waals surface area contributed by atoms with Crippen molar-refractivity contribution in [3.63, 3.8) is 0 Å². The number of ether oxygens (including phenoxy) is 1. The predicted molar refractivity (Wildman–Crippen MR) is 89.7 cm³/mol. The third kappa shape index (κ3) is 2.60. The fourth-order valence-electron chi connectivity index (χ4n) is 5.60. The molecule has 2 heterocycles. The quantitative estimate of drug-likeness (QED) is 0.590. The van der Waals surface area contributed by atoms with E-state index in [-0.39, 0.29) is 22.9 Å². The zero-order valence-corrected chi connectivity index (χ0v) is 14.6. The van der Waals surface area contributed by atoms with Gasteiger partial charge in [0.05, 0.1) is 11.7 Å². The number of nitrogens with zero attached hydrogens (tertiary/aromatic N) is 1. The van der Waals surface area contributed by atoms with Crippen LogP contribution in [0.2, 0.25) is 0 Å². The molecule has 0 aromatic carbocycles. The Morgan fingerprint density at radius 1 is 1.28 bits per heavy atom. The summed E-state index contributed by atoms with van der Waals surface area (Å²) in [7, 11) is 0. The monoisotopic (exact) mass is 361 g/mol. The third-order valence-corrected chi connectivity index (χ3v) is 6.54. The van der Waals surface area contributed by atoms with Crippen LogP contribution in [0, 0.1) is 17.3 Å². The first-order valence-electron chi connectivity index (χ1n) is 8.89. The molecular weight excluding hydrogens is 342 g/mol. The van der Waals surface area contributed by atoms with Crippen molar-refractivity contribution >= 4 is 17.6 Å². The van der Waals surface area contributed by atoms with Gasteiger partial charge in [-0.1, -0.05) is 5.16 Å². The molecule has 0 amide bonds. The molecule has 2 aromatic heterocycles. The molecule has 2 atom stereocenters. The summed E-state index contributed by atoms with van der Waals surface area (Å²) in [6, 6.07) is 5.33. The predicted octanol–water partition coefficient (Wildman–Crippen LogP) is 4.56. The van der Waals surface area contributed by atoms with Gasteiger partial charge in [0.2, 0.25) is 5.76 Å². The molecular formula is C19H20ClNO4. The lowest BCUT2D eigenvalue weighted by atomic mass is 9.49. The van der Waals surface area contributed by atoms with Gasteiger partial charge in [-0.05, 0) is 62.5 Å². The number of hydrogen-bond donors (Lipinski definition) is 0. The molecule has 0 N–H and O–H groups in total. The lowest BCUT2D eigenvalue weighted by molar-refractivity contribution is -0.171. The highest BCUT2D eigenvalue weighted by atomic mass is 35.5. The van der Waals surface area contributed by atoms with Crippen LogP contribution in [0.3, 0.4) is 0 Å². The van der Waals surface area contributed by atoms with Crippen LogP contribution in [0.25, 0.3) is 11.5 Å². The Labute approximate surface area is 150 Å². The lowest BCUT2D eigenvalue weighted by Crippen LogP contribution is -2.56. The van der Waals surface area contributed by atoms with Gasteiger partial charge in [0, 0.05) is 10.9 Å². The molecule has 132 valence electrons. The van der Waals surface area contributed by atoms with E-state index in [9.17, 15) is 4.79 Å². The van der Waals surface area contributed by atoms with Gasteiger partial charge in [0.15, 0.2) is 5.76 Å². The van der Waals surface area contributed by atoms with Crippen molar-refractivity contribution in [3.05, 3.63) is 30.2 Å². The van der Waals surface area contributed by atoms with E-state index in [0.29, 0.717) is 29.1 Å². The van der Waals surface area contributed by atoms with Gasteiger partial charge in [-0.25, -0.2) is 0 Å². The Balaban J connectivity index is 1.28. The highest BCUT2D eigenvalue weighted by molar-refractivity contribution is 6.24. The van der Waals surface area contributed by atoms with E-state index in [1.54, 1.807) is 24.5 Å². The number of carbonyl (C=O) groups excluding carboxylic acids is 1. The summed E-state index contributed by atoms with van der Waals surface area (Å²) in [5.74, 6) is 2.17. The lowest BCUT2D eigenvalue weighted by Gasteiger charge is -2.58. The van der Waals surface area contributed by atoms with Crippen LogP contribution in [-0.2, 0) is 16.1 Å². The average Bonchev–Trinajstić information content (AvgIpc) is 3.21. The van der Waals surface area contributed by atoms with Crippen molar-refractivity contribution in [2.75, 3.05) is 0 Å². The Kier molecular flexibility index (Phi) is 3.33. The maximum absolute atomic E-state index is 12.9. The van der Waals surface area contributed by atoms with Crippen LogP contribution < -0.4 is 0 Å². The van der Waals surface area contributed by atoms with Gasteiger partial charge in [0.1, 0.15) is 12.3 Å². The fraction of sp³-hybridized carbons (Fsp3) is 0.579. The van der Waals surface area contributed by atoms with Gasteiger partial charge < -0.3 is 13.7 Å². The number of hydrogen-bond acceptors (Lipinski definition) is 5. The van der Waals surface area contributed by atoms with Crippen LogP contribution in [0.5, 0.6) is 0 Å². The van der Waals surface area contributed by atoms with E-state index in [4.69, 9.17) is 25.3 Å². The van der Waals surface area contributed by atoms with Gasteiger partial charge in [-0.2, -0.15) is 0 Å². The maximum atomic E-state index is 12.9. The molecule has 4 bridgehead atoms. The van der Waals surface area contributed by atoms with Crippen molar-refractivity contribution in [2.45, 2.75) is 50.0 Å². The summed E-state index contributed by atoms with van der Waals surface area (Å²) in [4.78, 5) is 12.7. The first-order chi connectivity index (χ1) is 12.0. The number of halogens is 1. The molecule has 4 aliphatic rings. The van der Waals surface area contributed by atoms with Crippen molar-refractivity contribution in [2.24, 2.45) is 17.3 Å². The molecule has 2 aromatic rings. The fourth-order valence-corrected chi connectivity index (χ4v) is 6.29. The second-order valence-electron chi connectivity index (χ2n) is 8.13. The molecule has 4 aliphatic carbocycles. The molecule has 6 rings (SSSR count). The minimum Gasteiger partial charge on any atom is -0.461 e. The van der Waals surface area contributed by atoms with Crippen molar-refractivity contribution in [3.8, 4) is 11.5 Å². The Bertz CT molecular complexity index is 782. The van der Waals surface area contributed by atoms with Gasteiger partial charge >= 0.3 is 5.97 Å². The van der Waals surface area contributed by atoms with E-state index < -0.39 is 0 Å². The number of aromatic nitrogens is 1. The standard InChI is InChI=1S/C19H20ClNO4/c20-19-8-12-4-13(9-19)7-18(6-12,11-19)17(22)24-10-14-5-16(25-21-14)15-2-1-3-23-15/h1-3,5,12-13H,4,6-11H2. The molecule has 5 nitrogen and oxygen atoms in total. The van der Waals surface area contributed by atoms with Crippen molar-refractivity contribution < 1.29 is 18.5 Å². The molecule has 6 heteroatoms. The van der Waals surface area contributed by atoms with Crippen LogP contribution >= 0.6 is 11.6 Å². The second kappa shape index (κ2) is 5.37. The molecule has 4 saturated carbocycles. The Morgan fingerprint density at radius 3 is 2.76 bits per heavy atom. The average molecular weight is 362 g/mol. The molecule has 0 aliphatic heterocycles. The number of esters is 1. The van der Waals surface area contributed by atoms with E-state index >= 15 is 0 Å². The van der Waals surface area contributed by atoms with Gasteiger partial charge in [-0.3, -0.25) is 4.79 Å². The molecule has 25 heavy (non-hydrogen) atoms. The summed E-state index contributed by atoms with van der Waals surface area (Å²) in [5, 5.41) is 3.97. The third-order valence-electron chi connectivity index (χ3n) is 6.10. The van der Waals surface area contributed by atoms with E-state index in [0.717, 1.165) is 32.1 Å². The largest absolute Gasteiger partial charge is 0.461 e. The molecule has 2 unspecified atom stereocenters. The van der Waals surface area contributed by atoms with E-state index in [1.807, 2.05) is 0 Å². The first kappa shape index (κ1) is 15.5. The smallest absolute Gasteiger partial charge is 0.312 e.